The van der Waals surface area contributed by atoms with E-state index in [-0.39, 0.29) is 17.0 Å². The lowest BCUT2D eigenvalue weighted by molar-refractivity contribution is -0.286. The van der Waals surface area contributed by atoms with Crippen molar-refractivity contribution in [3.05, 3.63) is 17.7 Å². The molecule has 0 amide bonds. The zero-order chi connectivity index (χ0) is 11.2. The highest BCUT2D eigenvalue weighted by atomic mass is 19.3. The minimum Gasteiger partial charge on any atom is -0.423 e. The van der Waals surface area contributed by atoms with E-state index >= 15 is 0 Å². The van der Waals surface area contributed by atoms with Crippen LogP contribution >= 0.6 is 0 Å². The van der Waals surface area contributed by atoms with Crippen LogP contribution < -0.4 is 14.9 Å². The van der Waals surface area contributed by atoms with E-state index in [1.807, 2.05) is 0 Å². The molecule has 1 aliphatic rings. The van der Waals surface area contributed by atoms with Crippen LogP contribution in [0.4, 0.5) is 8.78 Å². The summed E-state index contributed by atoms with van der Waals surface area (Å²) in [6.45, 7) is 1.55. The van der Waals surface area contributed by atoms with Crippen LogP contribution in [0.1, 0.15) is 5.56 Å². The quantitative estimate of drug-likeness (QED) is 0.648. The molecule has 0 aliphatic carbocycles. The molecule has 0 aromatic heterocycles. The van der Waals surface area contributed by atoms with Gasteiger partial charge >= 0.3 is 13.4 Å². The minimum absolute atomic E-state index is 0.146. The van der Waals surface area contributed by atoms with E-state index in [9.17, 15) is 8.78 Å². The second-order valence-corrected chi connectivity index (χ2v) is 3.17. The van der Waals surface area contributed by atoms with Crippen LogP contribution in [0.5, 0.6) is 11.5 Å². The molecule has 0 atom stereocenters. The summed E-state index contributed by atoms with van der Waals surface area (Å²) < 4.78 is 33.9. The number of fused-ring (bicyclic) bond motifs is 1. The predicted molar refractivity (Wildman–Crippen MR) is 47.2 cm³/mol. The van der Waals surface area contributed by atoms with Crippen molar-refractivity contribution in [2.75, 3.05) is 0 Å². The maximum atomic E-state index is 12.8. The molecule has 1 heterocycles. The molecule has 0 bridgehead atoms. The number of rotatable bonds is 1. The largest absolute Gasteiger partial charge is 0.586 e. The molecule has 1 aliphatic heterocycles. The molecule has 0 radical (unpaired) electrons. The summed E-state index contributed by atoms with van der Waals surface area (Å²) in [4.78, 5) is 0. The van der Waals surface area contributed by atoms with Crippen molar-refractivity contribution in [1.29, 1.82) is 0 Å². The Hall–Kier alpha value is -1.34. The summed E-state index contributed by atoms with van der Waals surface area (Å²) in [7, 11) is -1.88. The Bertz CT molecular complexity index is 408. The fraction of sp³-hybridized carbons (Fsp3) is 0.250. The highest BCUT2D eigenvalue weighted by Crippen LogP contribution is 2.41. The van der Waals surface area contributed by atoms with Gasteiger partial charge in [-0.25, -0.2) is 0 Å². The number of hydrogen-bond donors (Lipinski definition) is 2. The lowest BCUT2D eigenvalue weighted by atomic mass is 9.79. The van der Waals surface area contributed by atoms with Crippen molar-refractivity contribution in [1.82, 2.24) is 0 Å². The molecule has 4 nitrogen and oxygen atoms in total. The number of ether oxygens (including phenoxy) is 2. The summed E-state index contributed by atoms with van der Waals surface area (Å²) in [6, 6.07) is 2.74. The average molecular weight is 216 g/mol. The Morgan fingerprint density at radius 1 is 1.20 bits per heavy atom. The van der Waals surface area contributed by atoms with Gasteiger partial charge in [0.05, 0.1) is 0 Å². The lowest BCUT2D eigenvalue weighted by Gasteiger charge is -2.06. The number of alkyl halides is 2. The van der Waals surface area contributed by atoms with Crippen LogP contribution in [0.3, 0.4) is 0 Å². The summed E-state index contributed by atoms with van der Waals surface area (Å²) in [5.41, 5.74) is 0.291. The monoisotopic (exact) mass is 216 g/mol. The van der Waals surface area contributed by atoms with Crippen molar-refractivity contribution in [3.8, 4) is 11.5 Å². The van der Waals surface area contributed by atoms with Crippen molar-refractivity contribution in [3.63, 3.8) is 0 Å². The molecule has 80 valence electrons. The van der Waals surface area contributed by atoms with Crippen molar-refractivity contribution in [2.24, 2.45) is 0 Å². The van der Waals surface area contributed by atoms with Gasteiger partial charge in [0, 0.05) is 5.46 Å². The maximum absolute atomic E-state index is 12.8. The maximum Gasteiger partial charge on any atom is 0.586 e. The molecule has 2 N–H and O–H groups in total. The molecule has 0 unspecified atom stereocenters. The molecular weight excluding hydrogens is 209 g/mol. The van der Waals surface area contributed by atoms with Gasteiger partial charge < -0.3 is 19.5 Å². The Morgan fingerprint density at radius 2 is 1.80 bits per heavy atom. The van der Waals surface area contributed by atoms with Crippen molar-refractivity contribution < 1.29 is 28.3 Å². The van der Waals surface area contributed by atoms with Gasteiger partial charge in [0.2, 0.25) is 0 Å². The number of hydrogen-bond acceptors (Lipinski definition) is 4. The molecule has 1 aromatic rings. The highest BCUT2D eigenvalue weighted by Gasteiger charge is 2.46. The predicted octanol–water partition coefficient (Wildman–Crippen LogP) is -0.00368. The van der Waals surface area contributed by atoms with Crippen LogP contribution in [-0.4, -0.2) is 23.5 Å². The summed E-state index contributed by atoms with van der Waals surface area (Å²) >= 11 is 0. The number of benzene rings is 1. The van der Waals surface area contributed by atoms with E-state index < -0.39 is 13.4 Å². The smallest absolute Gasteiger partial charge is 0.423 e. The molecule has 2 rings (SSSR count). The van der Waals surface area contributed by atoms with E-state index in [0.29, 0.717) is 5.56 Å². The first-order chi connectivity index (χ1) is 6.91. The molecule has 7 heteroatoms. The molecule has 0 spiro atoms. The molecule has 1 aromatic carbocycles. The zero-order valence-corrected chi connectivity index (χ0v) is 7.70. The molecular formula is C8H7BF2O4. The van der Waals surface area contributed by atoms with E-state index in [0.717, 1.165) is 0 Å². The number of aryl methyl sites for hydroxylation is 1. The van der Waals surface area contributed by atoms with Gasteiger partial charge in [-0.2, -0.15) is 0 Å². The summed E-state index contributed by atoms with van der Waals surface area (Å²) in [5, 5.41) is 17.8. The van der Waals surface area contributed by atoms with Crippen LogP contribution in [0.15, 0.2) is 12.1 Å². The second kappa shape index (κ2) is 3.08. The SMILES string of the molecule is Cc1ccc(B(O)O)c2c1OC(F)(F)O2. The van der Waals surface area contributed by atoms with Crippen LogP contribution in [-0.2, 0) is 0 Å². The van der Waals surface area contributed by atoms with Crippen LogP contribution in [0.2, 0.25) is 0 Å². The van der Waals surface area contributed by atoms with Crippen LogP contribution in [0, 0.1) is 6.92 Å². The second-order valence-electron chi connectivity index (χ2n) is 3.17. The van der Waals surface area contributed by atoms with Crippen LogP contribution in [0.25, 0.3) is 0 Å². The van der Waals surface area contributed by atoms with E-state index in [2.05, 4.69) is 9.47 Å². The van der Waals surface area contributed by atoms with Crippen molar-refractivity contribution in [2.45, 2.75) is 13.2 Å². The highest BCUT2D eigenvalue weighted by molar-refractivity contribution is 6.59. The Balaban J connectivity index is 2.55. The molecule has 15 heavy (non-hydrogen) atoms. The minimum atomic E-state index is -3.75. The summed E-state index contributed by atoms with van der Waals surface area (Å²) in [6.07, 6.45) is -3.75. The van der Waals surface area contributed by atoms with Gasteiger partial charge in [-0.1, -0.05) is 12.1 Å². The first-order valence-corrected chi connectivity index (χ1v) is 4.16. The van der Waals surface area contributed by atoms with Gasteiger partial charge in [-0.05, 0) is 12.5 Å². The first kappa shape index (κ1) is 10.2. The average Bonchev–Trinajstić information content (AvgIpc) is 2.41. The molecule has 0 fully saturated rings. The van der Waals surface area contributed by atoms with Crippen molar-refractivity contribution >= 4 is 12.6 Å². The van der Waals surface area contributed by atoms with E-state index in [4.69, 9.17) is 10.0 Å². The Morgan fingerprint density at radius 3 is 2.40 bits per heavy atom. The third kappa shape index (κ3) is 1.64. The fourth-order valence-corrected chi connectivity index (χ4v) is 1.37. The molecule has 0 saturated carbocycles. The van der Waals surface area contributed by atoms with Gasteiger partial charge in [-0.3, -0.25) is 0 Å². The van der Waals surface area contributed by atoms with Gasteiger partial charge in [0.1, 0.15) is 0 Å². The van der Waals surface area contributed by atoms with Gasteiger partial charge in [0.15, 0.2) is 11.5 Å². The van der Waals surface area contributed by atoms with Gasteiger partial charge in [-0.15, -0.1) is 8.78 Å². The van der Waals surface area contributed by atoms with E-state index in [1.165, 1.54) is 12.1 Å². The van der Waals surface area contributed by atoms with Gasteiger partial charge in [0.25, 0.3) is 0 Å². The fourth-order valence-electron chi connectivity index (χ4n) is 1.37. The lowest BCUT2D eigenvalue weighted by Crippen LogP contribution is -2.32. The third-order valence-electron chi connectivity index (χ3n) is 2.06. The third-order valence-corrected chi connectivity index (χ3v) is 2.06. The van der Waals surface area contributed by atoms with E-state index in [1.54, 1.807) is 6.92 Å². The Labute approximate surface area is 84.2 Å². The zero-order valence-electron chi connectivity index (χ0n) is 7.70. The number of halogens is 2. The summed E-state index contributed by atoms with van der Waals surface area (Å²) in [5.74, 6) is -0.486. The molecule has 0 saturated heterocycles. The normalized spacial score (nSPS) is 16.6. The Kier molecular flexibility index (Phi) is 2.09. The standard InChI is InChI=1S/C8H7BF2O4/c1-4-2-3-5(9(12)13)7-6(4)14-8(10,11)15-7/h2-3,12-13H,1H3. The topological polar surface area (TPSA) is 58.9 Å². The first-order valence-electron chi connectivity index (χ1n) is 4.16.